The number of rotatable bonds is 5. The largest absolute Gasteiger partial charge is 0.507 e. The van der Waals surface area contributed by atoms with E-state index in [0.29, 0.717) is 11.4 Å². The smallest absolute Gasteiger partial charge is 0.210 e. The van der Waals surface area contributed by atoms with Gasteiger partial charge in [-0.05, 0) is 54.6 Å². The Balaban J connectivity index is 1.98. The van der Waals surface area contributed by atoms with Gasteiger partial charge in [0, 0.05) is 11.4 Å². The molecule has 0 unspecified atom stereocenters. The number of sulfone groups is 1. The number of phenolic OH excluding ortho intramolecular Hbond substituents is 1. The normalized spacial score (nSPS) is 11.1. The van der Waals surface area contributed by atoms with Crippen LogP contribution in [0.15, 0.2) is 82.6 Å². The summed E-state index contributed by atoms with van der Waals surface area (Å²) >= 11 is 0. The van der Waals surface area contributed by atoms with Crippen molar-refractivity contribution in [1.29, 1.82) is 0 Å². The minimum Gasteiger partial charge on any atom is -0.507 e. The van der Waals surface area contributed by atoms with Crippen LogP contribution in [0, 0.1) is 0 Å². The number of para-hydroxylation sites is 1. The van der Waals surface area contributed by atoms with E-state index in [-0.39, 0.29) is 15.5 Å². The molecule has 3 rings (SSSR count). The number of hydrogen-bond donors (Lipinski definition) is 2. The molecule has 3 aromatic rings. The van der Waals surface area contributed by atoms with Gasteiger partial charge in [-0.3, -0.25) is 0 Å². The lowest BCUT2D eigenvalue weighted by molar-refractivity contribution is 0.414. The highest BCUT2D eigenvalue weighted by atomic mass is 32.2. The Hall–Kier alpha value is -2.99. The van der Waals surface area contributed by atoms with Gasteiger partial charge in [0.2, 0.25) is 9.84 Å². The third-order valence-electron chi connectivity index (χ3n) is 3.68. The van der Waals surface area contributed by atoms with Gasteiger partial charge in [0.05, 0.1) is 12.0 Å². The van der Waals surface area contributed by atoms with Gasteiger partial charge in [-0.1, -0.05) is 18.2 Å². The van der Waals surface area contributed by atoms with Crippen LogP contribution in [0.1, 0.15) is 0 Å². The fraction of sp³-hybridized carbons (Fsp3) is 0.0526. The van der Waals surface area contributed by atoms with Gasteiger partial charge in [0.1, 0.15) is 16.4 Å². The van der Waals surface area contributed by atoms with Crippen LogP contribution >= 0.6 is 0 Å². The molecule has 0 aliphatic rings. The third kappa shape index (κ3) is 3.59. The summed E-state index contributed by atoms with van der Waals surface area (Å²) in [5.41, 5.74) is 1.39. The van der Waals surface area contributed by atoms with Crippen molar-refractivity contribution in [2.45, 2.75) is 9.79 Å². The molecule has 3 aromatic carbocycles. The van der Waals surface area contributed by atoms with E-state index in [1.807, 2.05) is 30.3 Å². The van der Waals surface area contributed by atoms with Crippen LogP contribution < -0.4 is 10.1 Å². The van der Waals surface area contributed by atoms with Gasteiger partial charge in [-0.15, -0.1) is 0 Å². The van der Waals surface area contributed by atoms with Gasteiger partial charge in [-0.2, -0.15) is 0 Å². The summed E-state index contributed by atoms with van der Waals surface area (Å²) in [6.45, 7) is 0. The Morgan fingerprint density at radius 1 is 0.880 bits per heavy atom. The lowest BCUT2D eigenvalue weighted by Gasteiger charge is -2.11. The molecule has 6 heteroatoms. The first-order valence-electron chi connectivity index (χ1n) is 7.55. The third-order valence-corrected chi connectivity index (χ3v) is 5.48. The molecule has 0 heterocycles. The van der Waals surface area contributed by atoms with Gasteiger partial charge >= 0.3 is 0 Å². The number of phenols is 1. The van der Waals surface area contributed by atoms with Crippen molar-refractivity contribution in [3.8, 4) is 11.5 Å². The van der Waals surface area contributed by atoms with Crippen molar-refractivity contribution >= 4 is 21.2 Å². The average Bonchev–Trinajstić information content (AvgIpc) is 2.64. The lowest BCUT2D eigenvalue weighted by atomic mass is 10.2. The van der Waals surface area contributed by atoms with E-state index in [1.54, 1.807) is 18.2 Å². The van der Waals surface area contributed by atoms with Gasteiger partial charge in [0.25, 0.3) is 0 Å². The minimum absolute atomic E-state index is 0.0838. The maximum atomic E-state index is 12.8. The van der Waals surface area contributed by atoms with E-state index >= 15 is 0 Å². The Bertz CT molecular complexity index is 968. The first kappa shape index (κ1) is 16.9. The number of ether oxygens (including phenoxy) is 1. The monoisotopic (exact) mass is 355 g/mol. The van der Waals surface area contributed by atoms with Crippen LogP contribution in [0.25, 0.3) is 0 Å². The molecule has 0 spiro atoms. The molecular weight excluding hydrogens is 338 g/mol. The van der Waals surface area contributed by atoms with E-state index in [4.69, 9.17) is 4.74 Å². The van der Waals surface area contributed by atoms with Crippen molar-refractivity contribution in [2.75, 3.05) is 12.4 Å². The van der Waals surface area contributed by atoms with Gasteiger partial charge in [0.15, 0.2) is 0 Å². The summed E-state index contributed by atoms with van der Waals surface area (Å²) in [5, 5.41) is 13.2. The zero-order valence-electron chi connectivity index (χ0n) is 13.5. The van der Waals surface area contributed by atoms with E-state index in [2.05, 4.69) is 5.32 Å². The number of methoxy groups -OCH3 is 1. The molecule has 0 radical (unpaired) electrons. The Labute approximate surface area is 146 Å². The maximum Gasteiger partial charge on any atom is 0.210 e. The van der Waals surface area contributed by atoms with Crippen LogP contribution in [-0.2, 0) is 9.84 Å². The van der Waals surface area contributed by atoms with E-state index in [0.717, 1.165) is 5.69 Å². The van der Waals surface area contributed by atoms with Gasteiger partial charge < -0.3 is 15.2 Å². The predicted octanol–water partition coefficient (Wildman–Crippen LogP) is 3.98. The quantitative estimate of drug-likeness (QED) is 0.677. The fourth-order valence-corrected chi connectivity index (χ4v) is 3.75. The van der Waals surface area contributed by atoms with E-state index in [1.165, 1.54) is 31.4 Å². The van der Waals surface area contributed by atoms with Crippen LogP contribution in [0.4, 0.5) is 11.4 Å². The molecule has 0 aliphatic carbocycles. The zero-order chi connectivity index (χ0) is 17.9. The Kier molecular flexibility index (Phi) is 4.63. The molecule has 0 amide bonds. The van der Waals surface area contributed by atoms with Crippen molar-refractivity contribution in [2.24, 2.45) is 0 Å². The topological polar surface area (TPSA) is 75.6 Å². The minimum atomic E-state index is -3.85. The summed E-state index contributed by atoms with van der Waals surface area (Å²) in [7, 11) is -2.35. The Morgan fingerprint density at radius 2 is 1.56 bits per heavy atom. The van der Waals surface area contributed by atoms with Crippen LogP contribution in [0.5, 0.6) is 11.5 Å². The van der Waals surface area contributed by atoms with Crippen molar-refractivity contribution < 1.29 is 18.3 Å². The standard InChI is InChI=1S/C19H17NO4S/c1-24-16-8-10-17(11-9-16)25(22,23)19-13-15(7-12-18(19)21)20-14-5-3-2-4-6-14/h2-13,20-21H,1H3. The highest BCUT2D eigenvalue weighted by Crippen LogP contribution is 2.32. The van der Waals surface area contributed by atoms with Crippen molar-refractivity contribution in [3.05, 3.63) is 72.8 Å². The lowest BCUT2D eigenvalue weighted by Crippen LogP contribution is -2.03. The van der Waals surface area contributed by atoms with Crippen LogP contribution in [0.3, 0.4) is 0 Å². The molecule has 5 nitrogen and oxygen atoms in total. The highest BCUT2D eigenvalue weighted by molar-refractivity contribution is 7.91. The highest BCUT2D eigenvalue weighted by Gasteiger charge is 2.22. The molecular formula is C19H17NO4S. The molecule has 0 atom stereocenters. The van der Waals surface area contributed by atoms with Crippen LogP contribution in [0.2, 0.25) is 0 Å². The first-order chi connectivity index (χ1) is 12.0. The summed E-state index contributed by atoms with van der Waals surface area (Å²) in [6, 6.07) is 19.8. The second-order valence-electron chi connectivity index (χ2n) is 5.35. The molecule has 2 N–H and O–H groups in total. The summed E-state index contributed by atoms with van der Waals surface area (Å²) < 4.78 is 30.7. The predicted molar refractivity (Wildman–Crippen MR) is 96.3 cm³/mol. The number of hydrogen-bond acceptors (Lipinski definition) is 5. The fourth-order valence-electron chi connectivity index (χ4n) is 2.38. The molecule has 0 saturated heterocycles. The molecule has 0 bridgehead atoms. The van der Waals surface area contributed by atoms with Crippen molar-refractivity contribution in [1.82, 2.24) is 0 Å². The SMILES string of the molecule is COc1ccc(S(=O)(=O)c2cc(Nc3ccccc3)ccc2O)cc1. The molecule has 25 heavy (non-hydrogen) atoms. The molecule has 128 valence electrons. The molecule has 0 aromatic heterocycles. The second-order valence-corrected chi connectivity index (χ2v) is 7.27. The zero-order valence-corrected chi connectivity index (χ0v) is 14.3. The second kappa shape index (κ2) is 6.86. The first-order valence-corrected chi connectivity index (χ1v) is 9.03. The van der Waals surface area contributed by atoms with Crippen LogP contribution in [-0.4, -0.2) is 20.6 Å². The molecule has 0 aliphatic heterocycles. The van der Waals surface area contributed by atoms with E-state index < -0.39 is 9.84 Å². The summed E-state index contributed by atoms with van der Waals surface area (Å²) in [4.78, 5) is -0.0703. The summed E-state index contributed by atoms with van der Waals surface area (Å²) in [5.74, 6) is 0.261. The molecule has 0 saturated carbocycles. The van der Waals surface area contributed by atoms with Gasteiger partial charge in [-0.25, -0.2) is 8.42 Å². The van der Waals surface area contributed by atoms with E-state index in [9.17, 15) is 13.5 Å². The Morgan fingerprint density at radius 3 is 2.20 bits per heavy atom. The number of nitrogens with one attached hydrogen (secondary N) is 1. The molecule has 0 fully saturated rings. The number of anilines is 2. The maximum absolute atomic E-state index is 12.8. The van der Waals surface area contributed by atoms with Crippen molar-refractivity contribution in [3.63, 3.8) is 0 Å². The number of benzene rings is 3. The number of aromatic hydroxyl groups is 1. The summed E-state index contributed by atoms with van der Waals surface area (Å²) in [6.07, 6.45) is 0. The average molecular weight is 355 g/mol.